The van der Waals surface area contributed by atoms with Gasteiger partial charge in [0.2, 0.25) is 5.88 Å². The minimum atomic E-state index is -0.692. The van der Waals surface area contributed by atoms with Crippen LogP contribution in [-0.2, 0) is 4.74 Å². The Labute approximate surface area is 186 Å². The van der Waals surface area contributed by atoms with E-state index in [0.29, 0.717) is 10.7 Å². The number of rotatable bonds is 7. The molecule has 0 fully saturated rings. The summed E-state index contributed by atoms with van der Waals surface area (Å²) in [6.45, 7) is 1.80. The molecule has 7 nitrogen and oxygen atoms in total. The third-order valence-electron chi connectivity index (χ3n) is 3.91. The molecular weight excluding hydrogens is 448 g/mol. The Morgan fingerprint density at radius 3 is 2.45 bits per heavy atom. The Kier molecular flexibility index (Phi) is 7.28. The minimum Gasteiger partial charge on any atom is -0.462 e. The summed E-state index contributed by atoms with van der Waals surface area (Å²) in [5.74, 6) is -1.67. The SMILES string of the molecule is CCOC(=O)c1c(Nc2ccc(Cl)cc2)oc(/C=N\NC(=O)c2ccc(F)cc2)c1Cl. The standard InChI is InChI=1S/C21H16Cl2FN3O4/c1-2-30-21(29)17-18(23)16(31-20(17)26-15-9-5-13(22)6-10-15)11-25-27-19(28)12-3-7-14(24)8-4-12/h3-11,26H,2H2,1H3,(H,27,28)/b25-11-. The predicted molar refractivity (Wildman–Crippen MR) is 116 cm³/mol. The van der Waals surface area contributed by atoms with Crippen LogP contribution in [0.4, 0.5) is 16.0 Å². The number of ether oxygens (including phenoxy) is 1. The van der Waals surface area contributed by atoms with Crippen LogP contribution in [0.5, 0.6) is 0 Å². The molecule has 0 saturated carbocycles. The molecule has 3 aromatic rings. The summed E-state index contributed by atoms with van der Waals surface area (Å²) < 4.78 is 23.6. The maximum Gasteiger partial charge on any atom is 0.345 e. The molecule has 160 valence electrons. The van der Waals surface area contributed by atoms with E-state index in [1.54, 1.807) is 31.2 Å². The lowest BCUT2D eigenvalue weighted by Gasteiger charge is -2.06. The maximum absolute atomic E-state index is 13.0. The number of amides is 1. The molecule has 10 heteroatoms. The first-order valence-electron chi connectivity index (χ1n) is 9.00. The van der Waals surface area contributed by atoms with E-state index >= 15 is 0 Å². The highest BCUT2D eigenvalue weighted by molar-refractivity contribution is 6.36. The number of carbonyl (C=O) groups excluding carboxylic acids is 2. The van der Waals surface area contributed by atoms with Crippen LogP contribution in [-0.4, -0.2) is 24.7 Å². The zero-order valence-corrected chi connectivity index (χ0v) is 17.6. The topological polar surface area (TPSA) is 92.9 Å². The Bertz CT molecular complexity index is 1110. The van der Waals surface area contributed by atoms with Gasteiger partial charge in [-0.3, -0.25) is 4.79 Å². The van der Waals surface area contributed by atoms with Crippen LogP contribution in [0.1, 0.15) is 33.4 Å². The van der Waals surface area contributed by atoms with Crippen LogP contribution >= 0.6 is 23.2 Å². The summed E-state index contributed by atoms with van der Waals surface area (Å²) >= 11 is 12.2. The normalized spacial score (nSPS) is 10.8. The van der Waals surface area contributed by atoms with Gasteiger partial charge in [0.1, 0.15) is 16.4 Å². The number of hydrogen-bond donors (Lipinski definition) is 2. The van der Waals surface area contributed by atoms with Gasteiger partial charge in [-0.15, -0.1) is 0 Å². The van der Waals surface area contributed by atoms with E-state index in [0.717, 1.165) is 18.3 Å². The van der Waals surface area contributed by atoms with Gasteiger partial charge in [0, 0.05) is 16.3 Å². The molecule has 3 rings (SSSR count). The monoisotopic (exact) mass is 463 g/mol. The van der Waals surface area contributed by atoms with Crippen molar-refractivity contribution in [1.82, 2.24) is 5.43 Å². The Morgan fingerprint density at radius 2 is 1.81 bits per heavy atom. The van der Waals surface area contributed by atoms with Crippen LogP contribution in [0.3, 0.4) is 0 Å². The molecule has 2 aromatic carbocycles. The molecule has 0 bridgehead atoms. The quantitative estimate of drug-likeness (QED) is 0.277. The molecule has 0 spiro atoms. The van der Waals surface area contributed by atoms with Gasteiger partial charge in [-0.2, -0.15) is 5.10 Å². The number of anilines is 2. The zero-order chi connectivity index (χ0) is 22.4. The van der Waals surface area contributed by atoms with Crippen LogP contribution in [0.2, 0.25) is 10.0 Å². The molecule has 2 N–H and O–H groups in total. The fourth-order valence-electron chi connectivity index (χ4n) is 2.46. The second-order valence-corrected chi connectivity index (χ2v) is 6.86. The van der Waals surface area contributed by atoms with Gasteiger partial charge in [-0.05, 0) is 55.5 Å². The van der Waals surface area contributed by atoms with E-state index in [9.17, 15) is 14.0 Å². The molecule has 0 aliphatic rings. The van der Waals surface area contributed by atoms with E-state index in [2.05, 4.69) is 15.8 Å². The highest BCUT2D eigenvalue weighted by Gasteiger charge is 2.25. The molecule has 0 aliphatic heterocycles. The Balaban J connectivity index is 1.83. The molecule has 1 aromatic heterocycles. The second kappa shape index (κ2) is 10.1. The Morgan fingerprint density at radius 1 is 1.13 bits per heavy atom. The van der Waals surface area contributed by atoms with Crippen molar-refractivity contribution < 1.29 is 23.1 Å². The number of hydrazone groups is 1. The first-order chi connectivity index (χ1) is 14.9. The fraction of sp³-hybridized carbons (Fsp3) is 0.0952. The molecule has 0 atom stereocenters. The number of carbonyl (C=O) groups is 2. The predicted octanol–water partition coefficient (Wildman–Crippen LogP) is 5.41. The van der Waals surface area contributed by atoms with E-state index in [1.807, 2.05) is 0 Å². The van der Waals surface area contributed by atoms with E-state index < -0.39 is 17.7 Å². The van der Waals surface area contributed by atoms with Crippen molar-refractivity contribution in [2.45, 2.75) is 6.92 Å². The highest BCUT2D eigenvalue weighted by atomic mass is 35.5. The first kappa shape index (κ1) is 22.3. The van der Waals surface area contributed by atoms with Crippen molar-refractivity contribution >= 4 is 52.9 Å². The van der Waals surface area contributed by atoms with Crippen molar-refractivity contribution in [2.24, 2.45) is 5.10 Å². The number of nitrogens with one attached hydrogen (secondary N) is 2. The summed E-state index contributed by atoms with van der Waals surface area (Å²) in [6.07, 6.45) is 1.14. The molecule has 1 heterocycles. The second-order valence-electron chi connectivity index (χ2n) is 6.04. The summed E-state index contributed by atoms with van der Waals surface area (Å²) in [5, 5.41) is 7.21. The number of benzene rings is 2. The largest absolute Gasteiger partial charge is 0.462 e. The molecule has 1 amide bonds. The molecule has 0 radical (unpaired) electrons. The number of halogens is 3. The van der Waals surface area contributed by atoms with Crippen molar-refractivity contribution in [2.75, 3.05) is 11.9 Å². The molecule has 0 unspecified atom stereocenters. The van der Waals surface area contributed by atoms with Gasteiger partial charge in [-0.25, -0.2) is 14.6 Å². The summed E-state index contributed by atoms with van der Waals surface area (Å²) in [5.41, 5.74) is 3.05. The van der Waals surface area contributed by atoms with Crippen LogP contribution in [0, 0.1) is 5.82 Å². The Hall–Kier alpha value is -3.36. The lowest BCUT2D eigenvalue weighted by Crippen LogP contribution is -2.17. The van der Waals surface area contributed by atoms with Gasteiger partial charge < -0.3 is 14.5 Å². The summed E-state index contributed by atoms with van der Waals surface area (Å²) in [6, 6.07) is 11.6. The number of nitrogens with zero attached hydrogens (tertiary/aromatic N) is 1. The van der Waals surface area contributed by atoms with Gasteiger partial charge in [-0.1, -0.05) is 23.2 Å². The lowest BCUT2D eigenvalue weighted by atomic mass is 10.2. The van der Waals surface area contributed by atoms with Crippen LogP contribution < -0.4 is 10.7 Å². The average molecular weight is 464 g/mol. The minimum absolute atomic E-state index is 0.0144. The van der Waals surface area contributed by atoms with Crippen molar-refractivity contribution in [3.05, 3.63) is 81.3 Å². The number of furan rings is 1. The van der Waals surface area contributed by atoms with Gasteiger partial charge in [0.25, 0.3) is 5.91 Å². The van der Waals surface area contributed by atoms with Gasteiger partial charge in [0.15, 0.2) is 5.76 Å². The van der Waals surface area contributed by atoms with Gasteiger partial charge in [0.05, 0.1) is 12.8 Å². The molecule has 0 saturated heterocycles. The number of hydrogen-bond acceptors (Lipinski definition) is 6. The third kappa shape index (κ3) is 5.62. The summed E-state index contributed by atoms with van der Waals surface area (Å²) in [7, 11) is 0. The third-order valence-corrected chi connectivity index (χ3v) is 4.54. The first-order valence-corrected chi connectivity index (χ1v) is 9.75. The highest BCUT2D eigenvalue weighted by Crippen LogP contribution is 2.34. The smallest absolute Gasteiger partial charge is 0.345 e. The van der Waals surface area contributed by atoms with E-state index in [1.165, 1.54) is 12.1 Å². The molecular formula is C21H16Cl2FN3O4. The molecule has 31 heavy (non-hydrogen) atoms. The summed E-state index contributed by atoms with van der Waals surface area (Å²) in [4.78, 5) is 24.4. The maximum atomic E-state index is 13.0. The van der Waals surface area contributed by atoms with E-state index in [-0.39, 0.29) is 34.4 Å². The fourth-order valence-corrected chi connectivity index (χ4v) is 2.84. The van der Waals surface area contributed by atoms with E-state index in [4.69, 9.17) is 32.4 Å². The van der Waals surface area contributed by atoms with Crippen LogP contribution in [0.25, 0.3) is 0 Å². The van der Waals surface area contributed by atoms with Crippen molar-refractivity contribution in [3.63, 3.8) is 0 Å². The number of esters is 1. The molecule has 0 aliphatic carbocycles. The zero-order valence-electron chi connectivity index (χ0n) is 16.1. The lowest BCUT2D eigenvalue weighted by molar-refractivity contribution is 0.0527. The van der Waals surface area contributed by atoms with Crippen molar-refractivity contribution in [1.29, 1.82) is 0 Å². The van der Waals surface area contributed by atoms with Crippen LogP contribution in [0.15, 0.2) is 58.0 Å². The van der Waals surface area contributed by atoms with Crippen molar-refractivity contribution in [3.8, 4) is 0 Å². The van der Waals surface area contributed by atoms with Gasteiger partial charge >= 0.3 is 5.97 Å². The average Bonchev–Trinajstić information content (AvgIpc) is 3.05.